The number of hydrogen-bond donors (Lipinski definition) is 1. The Labute approximate surface area is 126 Å². The van der Waals surface area contributed by atoms with Crippen LogP contribution >= 0.6 is 23.8 Å². The van der Waals surface area contributed by atoms with Crippen molar-refractivity contribution in [1.82, 2.24) is 9.55 Å². The number of imidazole rings is 1. The second kappa shape index (κ2) is 4.78. The first kappa shape index (κ1) is 12.9. The molecule has 0 saturated heterocycles. The van der Waals surface area contributed by atoms with Gasteiger partial charge in [-0.25, -0.2) is 0 Å². The van der Waals surface area contributed by atoms with Crippen molar-refractivity contribution < 1.29 is 0 Å². The van der Waals surface area contributed by atoms with E-state index < -0.39 is 0 Å². The van der Waals surface area contributed by atoms with Crippen LogP contribution in [0.1, 0.15) is 11.1 Å². The minimum absolute atomic E-state index is 0.546. The molecule has 20 heavy (non-hydrogen) atoms. The molecule has 1 aromatic heterocycles. The van der Waals surface area contributed by atoms with Gasteiger partial charge in [0.15, 0.2) is 4.77 Å². The first-order valence-corrected chi connectivity index (χ1v) is 6.81. The second-order valence-corrected chi connectivity index (χ2v) is 5.33. The van der Waals surface area contributed by atoms with Gasteiger partial charge in [0, 0.05) is 5.02 Å². The lowest BCUT2D eigenvalue weighted by Gasteiger charge is -2.09. The Morgan fingerprint density at radius 3 is 2.85 bits per heavy atom. The Bertz CT molecular complexity index is 915. The molecule has 0 aliphatic rings. The fraction of sp³-hybridized carbons (Fsp3) is 0.0667. The van der Waals surface area contributed by atoms with Gasteiger partial charge in [-0.05, 0) is 49.0 Å². The third kappa shape index (κ3) is 1.92. The maximum absolute atomic E-state index is 9.38. The summed E-state index contributed by atoms with van der Waals surface area (Å²) in [4.78, 5) is 3.13. The SMILES string of the molecule is Cc1cccc(-n2c(=S)[nH]c3ccc(Cl)cc32)c1C#N. The molecule has 0 amide bonds. The van der Waals surface area contributed by atoms with Crippen molar-refractivity contribution >= 4 is 34.9 Å². The van der Waals surface area contributed by atoms with Crippen LogP contribution in [0.2, 0.25) is 5.02 Å². The Morgan fingerprint density at radius 2 is 2.10 bits per heavy atom. The molecular weight excluding hydrogens is 290 g/mol. The molecule has 0 spiro atoms. The van der Waals surface area contributed by atoms with Gasteiger partial charge in [0.1, 0.15) is 6.07 Å². The Balaban J connectivity index is 2.45. The number of H-pyrrole nitrogens is 1. The van der Waals surface area contributed by atoms with Gasteiger partial charge in [0.2, 0.25) is 0 Å². The van der Waals surface area contributed by atoms with Gasteiger partial charge >= 0.3 is 0 Å². The highest BCUT2D eigenvalue weighted by atomic mass is 35.5. The molecule has 0 radical (unpaired) electrons. The Morgan fingerprint density at radius 1 is 1.30 bits per heavy atom. The summed E-state index contributed by atoms with van der Waals surface area (Å²) in [6, 6.07) is 13.5. The fourth-order valence-electron chi connectivity index (χ4n) is 2.30. The number of nitriles is 1. The summed E-state index contributed by atoms with van der Waals surface area (Å²) in [6.07, 6.45) is 0. The van der Waals surface area contributed by atoms with E-state index in [0.717, 1.165) is 22.3 Å². The molecular formula is C15H10ClN3S. The van der Waals surface area contributed by atoms with Gasteiger partial charge in [0.25, 0.3) is 0 Å². The lowest BCUT2D eigenvalue weighted by Crippen LogP contribution is -1.99. The normalized spacial score (nSPS) is 10.7. The van der Waals surface area contributed by atoms with Gasteiger partial charge in [0.05, 0.1) is 22.3 Å². The number of rotatable bonds is 1. The predicted molar refractivity (Wildman–Crippen MR) is 82.9 cm³/mol. The van der Waals surface area contributed by atoms with Crippen molar-refractivity contribution in [3.8, 4) is 11.8 Å². The molecule has 0 unspecified atom stereocenters. The summed E-state index contributed by atoms with van der Waals surface area (Å²) in [6.45, 7) is 1.91. The molecule has 5 heteroatoms. The summed E-state index contributed by atoms with van der Waals surface area (Å²) in [5, 5.41) is 10.0. The zero-order valence-corrected chi connectivity index (χ0v) is 12.2. The summed E-state index contributed by atoms with van der Waals surface area (Å²) in [5.41, 5.74) is 4.06. The highest BCUT2D eigenvalue weighted by molar-refractivity contribution is 7.71. The highest BCUT2D eigenvalue weighted by Gasteiger charge is 2.12. The average molecular weight is 300 g/mol. The van der Waals surface area contributed by atoms with E-state index in [0.29, 0.717) is 15.4 Å². The minimum Gasteiger partial charge on any atom is -0.330 e. The monoisotopic (exact) mass is 299 g/mol. The standard InChI is InChI=1S/C15H10ClN3S/c1-9-3-2-4-13(11(9)8-17)19-14-7-10(16)5-6-12(14)18-15(19)20/h2-7H,1H3,(H,18,20). The van der Waals surface area contributed by atoms with Gasteiger partial charge < -0.3 is 4.98 Å². The maximum atomic E-state index is 9.38. The molecule has 0 atom stereocenters. The van der Waals surface area contributed by atoms with E-state index in [1.54, 1.807) is 6.07 Å². The number of nitrogens with zero attached hydrogens (tertiary/aromatic N) is 2. The van der Waals surface area contributed by atoms with Crippen LogP contribution in [0.4, 0.5) is 0 Å². The molecule has 3 nitrogen and oxygen atoms in total. The number of fused-ring (bicyclic) bond motifs is 1. The lowest BCUT2D eigenvalue weighted by atomic mass is 10.1. The molecule has 3 rings (SSSR count). The van der Waals surface area contributed by atoms with Crippen molar-refractivity contribution in [3.63, 3.8) is 0 Å². The lowest BCUT2D eigenvalue weighted by molar-refractivity contribution is 1.05. The first-order chi connectivity index (χ1) is 9.61. The number of benzene rings is 2. The molecule has 0 fully saturated rings. The fourth-order valence-corrected chi connectivity index (χ4v) is 2.77. The van der Waals surface area contributed by atoms with Crippen LogP contribution in [0.5, 0.6) is 0 Å². The van der Waals surface area contributed by atoms with Crippen molar-refractivity contribution in [2.45, 2.75) is 6.92 Å². The zero-order chi connectivity index (χ0) is 14.3. The number of aromatic nitrogens is 2. The third-order valence-electron chi connectivity index (χ3n) is 3.25. The van der Waals surface area contributed by atoms with Crippen LogP contribution in [0.3, 0.4) is 0 Å². The van der Waals surface area contributed by atoms with E-state index >= 15 is 0 Å². The summed E-state index contributed by atoms with van der Waals surface area (Å²) in [7, 11) is 0. The summed E-state index contributed by atoms with van der Waals surface area (Å²) < 4.78 is 2.40. The zero-order valence-electron chi connectivity index (χ0n) is 10.6. The number of aromatic amines is 1. The molecule has 98 valence electrons. The summed E-state index contributed by atoms with van der Waals surface area (Å²) in [5.74, 6) is 0. The van der Waals surface area contributed by atoms with E-state index in [1.165, 1.54) is 0 Å². The summed E-state index contributed by atoms with van der Waals surface area (Å²) >= 11 is 11.4. The Kier molecular flexibility index (Phi) is 3.09. The van der Waals surface area contributed by atoms with Crippen molar-refractivity contribution in [2.75, 3.05) is 0 Å². The van der Waals surface area contributed by atoms with Crippen LogP contribution in [0.15, 0.2) is 36.4 Å². The molecule has 0 aliphatic carbocycles. The van der Waals surface area contributed by atoms with E-state index in [1.807, 2.05) is 41.8 Å². The largest absolute Gasteiger partial charge is 0.330 e. The van der Waals surface area contributed by atoms with E-state index in [4.69, 9.17) is 23.8 Å². The van der Waals surface area contributed by atoms with Gasteiger partial charge in [-0.15, -0.1) is 0 Å². The number of nitrogens with one attached hydrogen (secondary N) is 1. The highest BCUT2D eigenvalue weighted by Crippen LogP contribution is 2.25. The second-order valence-electron chi connectivity index (χ2n) is 4.51. The van der Waals surface area contributed by atoms with E-state index in [2.05, 4.69) is 11.1 Å². The van der Waals surface area contributed by atoms with Crippen molar-refractivity contribution in [2.24, 2.45) is 0 Å². The van der Waals surface area contributed by atoms with Gasteiger partial charge in [-0.3, -0.25) is 4.57 Å². The topological polar surface area (TPSA) is 44.5 Å². The van der Waals surface area contributed by atoms with Crippen LogP contribution < -0.4 is 0 Å². The van der Waals surface area contributed by atoms with Crippen LogP contribution in [-0.4, -0.2) is 9.55 Å². The first-order valence-electron chi connectivity index (χ1n) is 6.02. The van der Waals surface area contributed by atoms with Crippen LogP contribution in [-0.2, 0) is 0 Å². The van der Waals surface area contributed by atoms with E-state index in [-0.39, 0.29) is 0 Å². The maximum Gasteiger partial charge on any atom is 0.182 e. The molecule has 0 aliphatic heterocycles. The van der Waals surface area contributed by atoms with E-state index in [9.17, 15) is 5.26 Å². The quantitative estimate of drug-likeness (QED) is 0.671. The average Bonchev–Trinajstić information content (AvgIpc) is 2.73. The van der Waals surface area contributed by atoms with Gasteiger partial charge in [-0.1, -0.05) is 23.7 Å². The number of aryl methyl sites for hydroxylation is 1. The van der Waals surface area contributed by atoms with Crippen LogP contribution in [0, 0.1) is 23.0 Å². The van der Waals surface area contributed by atoms with Crippen LogP contribution in [0.25, 0.3) is 16.7 Å². The predicted octanol–water partition coefficient (Wildman–Crippen LogP) is 4.52. The third-order valence-corrected chi connectivity index (χ3v) is 3.77. The van der Waals surface area contributed by atoms with Crippen molar-refractivity contribution in [1.29, 1.82) is 5.26 Å². The minimum atomic E-state index is 0.546. The molecule has 0 bridgehead atoms. The molecule has 3 aromatic rings. The molecule has 0 saturated carbocycles. The smallest absolute Gasteiger partial charge is 0.182 e. The molecule has 2 aromatic carbocycles. The molecule has 1 heterocycles. The Hall–Kier alpha value is -2.09. The van der Waals surface area contributed by atoms with Gasteiger partial charge in [-0.2, -0.15) is 5.26 Å². The number of hydrogen-bond acceptors (Lipinski definition) is 2. The van der Waals surface area contributed by atoms with Crippen molar-refractivity contribution in [3.05, 3.63) is 57.3 Å². The number of halogens is 1. The molecule has 1 N–H and O–H groups in total.